The van der Waals surface area contributed by atoms with Crippen molar-refractivity contribution in [2.45, 2.75) is 40.0 Å². The van der Waals surface area contributed by atoms with Gasteiger partial charge in [-0.25, -0.2) is 0 Å². The molecule has 3 heteroatoms. The van der Waals surface area contributed by atoms with Crippen LogP contribution in [0.2, 0.25) is 0 Å². The van der Waals surface area contributed by atoms with Crippen LogP contribution in [-0.4, -0.2) is 19.8 Å². The summed E-state index contributed by atoms with van der Waals surface area (Å²) in [4.78, 5) is 0. The summed E-state index contributed by atoms with van der Waals surface area (Å²) in [6.45, 7) is 8.44. The predicted octanol–water partition coefficient (Wildman–Crippen LogP) is 3.40. The molecule has 0 bridgehead atoms. The van der Waals surface area contributed by atoms with Crippen molar-refractivity contribution >= 4 is 0 Å². The summed E-state index contributed by atoms with van der Waals surface area (Å²) in [5.74, 6) is 2.28. The molecule has 108 valence electrons. The van der Waals surface area contributed by atoms with Crippen molar-refractivity contribution < 1.29 is 9.47 Å². The Morgan fingerprint density at radius 2 is 1.79 bits per heavy atom. The average Bonchev–Trinajstić information content (AvgIpc) is 2.42. The maximum absolute atomic E-state index is 5.91. The van der Waals surface area contributed by atoms with E-state index < -0.39 is 0 Å². The van der Waals surface area contributed by atoms with Crippen molar-refractivity contribution in [1.82, 2.24) is 0 Å². The van der Waals surface area contributed by atoms with Crippen molar-refractivity contribution in [2.24, 2.45) is 11.7 Å². The molecule has 0 atom stereocenters. The Morgan fingerprint density at radius 3 is 2.37 bits per heavy atom. The average molecular weight is 265 g/mol. The summed E-state index contributed by atoms with van der Waals surface area (Å²) in [6, 6.07) is 6.11. The molecule has 0 spiro atoms. The van der Waals surface area contributed by atoms with Crippen LogP contribution in [0, 0.1) is 5.92 Å². The van der Waals surface area contributed by atoms with Gasteiger partial charge in [0.15, 0.2) is 11.5 Å². The summed E-state index contributed by atoms with van der Waals surface area (Å²) in [6.07, 6.45) is 3.16. The Kier molecular flexibility index (Phi) is 7.34. The van der Waals surface area contributed by atoms with E-state index in [0.29, 0.717) is 19.1 Å². The zero-order valence-corrected chi connectivity index (χ0v) is 12.4. The minimum atomic E-state index is 0.609. The van der Waals surface area contributed by atoms with Gasteiger partial charge in [0.2, 0.25) is 0 Å². The zero-order chi connectivity index (χ0) is 14.1. The van der Waals surface area contributed by atoms with E-state index in [1.165, 1.54) is 5.56 Å². The Balaban J connectivity index is 2.74. The van der Waals surface area contributed by atoms with E-state index in [9.17, 15) is 0 Å². The summed E-state index contributed by atoms with van der Waals surface area (Å²) in [7, 11) is 0. The predicted molar refractivity (Wildman–Crippen MR) is 79.9 cm³/mol. The highest BCUT2D eigenvalue weighted by Crippen LogP contribution is 2.29. The van der Waals surface area contributed by atoms with Gasteiger partial charge in [-0.15, -0.1) is 0 Å². The molecule has 0 aliphatic heterocycles. The SMILES string of the molecule is CCOc1cc(CCN)ccc1OCC(CC)CC. The highest BCUT2D eigenvalue weighted by Gasteiger charge is 2.09. The molecule has 0 unspecified atom stereocenters. The van der Waals surface area contributed by atoms with E-state index in [0.717, 1.165) is 37.4 Å². The number of benzene rings is 1. The van der Waals surface area contributed by atoms with Gasteiger partial charge < -0.3 is 15.2 Å². The number of hydrogen-bond acceptors (Lipinski definition) is 3. The first-order valence-electron chi connectivity index (χ1n) is 7.33. The molecule has 0 saturated carbocycles. The van der Waals surface area contributed by atoms with E-state index in [1.54, 1.807) is 0 Å². The molecule has 1 aromatic carbocycles. The van der Waals surface area contributed by atoms with Crippen LogP contribution in [0.1, 0.15) is 39.2 Å². The van der Waals surface area contributed by atoms with Crippen LogP contribution in [0.4, 0.5) is 0 Å². The van der Waals surface area contributed by atoms with Gasteiger partial charge in [0.25, 0.3) is 0 Å². The monoisotopic (exact) mass is 265 g/mol. The van der Waals surface area contributed by atoms with E-state index in [1.807, 2.05) is 19.1 Å². The van der Waals surface area contributed by atoms with Gasteiger partial charge >= 0.3 is 0 Å². The summed E-state index contributed by atoms with van der Waals surface area (Å²) < 4.78 is 11.6. The fourth-order valence-corrected chi connectivity index (χ4v) is 1.99. The Hall–Kier alpha value is -1.22. The summed E-state index contributed by atoms with van der Waals surface area (Å²) >= 11 is 0. The standard InChI is InChI=1S/C16H27NO2/c1-4-13(5-2)12-19-15-8-7-14(9-10-17)11-16(15)18-6-3/h7-8,11,13H,4-6,9-10,12,17H2,1-3H3. The molecule has 3 nitrogen and oxygen atoms in total. The van der Waals surface area contributed by atoms with Crippen LogP contribution in [0.3, 0.4) is 0 Å². The molecule has 0 aliphatic carbocycles. The number of nitrogens with two attached hydrogens (primary N) is 1. The normalized spacial score (nSPS) is 10.8. The van der Waals surface area contributed by atoms with E-state index in [2.05, 4.69) is 19.9 Å². The van der Waals surface area contributed by atoms with Crippen LogP contribution in [0.5, 0.6) is 11.5 Å². The van der Waals surface area contributed by atoms with Crippen molar-refractivity contribution in [3.63, 3.8) is 0 Å². The highest BCUT2D eigenvalue weighted by molar-refractivity contribution is 5.43. The second-order valence-corrected chi connectivity index (χ2v) is 4.75. The number of ether oxygens (including phenoxy) is 2. The molecular weight excluding hydrogens is 238 g/mol. The lowest BCUT2D eigenvalue weighted by atomic mass is 10.1. The van der Waals surface area contributed by atoms with Crippen molar-refractivity contribution in [1.29, 1.82) is 0 Å². The first-order chi connectivity index (χ1) is 9.24. The van der Waals surface area contributed by atoms with Crippen molar-refractivity contribution in [3.05, 3.63) is 23.8 Å². The molecular formula is C16H27NO2. The summed E-state index contributed by atoms with van der Waals surface area (Å²) in [5.41, 5.74) is 6.78. The second kappa shape index (κ2) is 8.81. The lowest BCUT2D eigenvalue weighted by Gasteiger charge is -2.17. The highest BCUT2D eigenvalue weighted by atomic mass is 16.5. The molecule has 19 heavy (non-hydrogen) atoms. The molecule has 0 radical (unpaired) electrons. The second-order valence-electron chi connectivity index (χ2n) is 4.75. The first kappa shape index (κ1) is 15.8. The molecule has 2 N–H and O–H groups in total. The molecule has 0 saturated heterocycles. The third kappa shape index (κ3) is 5.11. The minimum absolute atomic E-state index is 0.609. The van der Waals surface area contributed by atoms with Gasteiger partial charge in [-0.3, -0.25) is 0 Å². The third-order valence-corrected chi connectivity index (χ3v) is 3.37. The molecule has 0 amide bonds. The third-order valence-electron chi connectivity index (χ3n) is 3.37. The molecule has 1 rings (SSSR count). The molecule has 0 heterocycles. The number of hydrogen-bond donors (Lipinski definition) is 1. The molecule has 0 fully saturated rings. The van der Waals surface area contributed by atoms with E-state index in [4.69, 9.17) is 15.2 Å². The summed E-state index contributed by atoms with van der Waals surface area (Å²) in [5, 5.41) is 0. The Morgan fingerprint density at radius 1 is 1.05 bits per heavy atom. The topological polar surface area (TPSA) is 44.5 Å². The van der Waals surface area contributed by atoms with Gasteiger partial charge in [0.05, 0.1) is 13.2 Å². The fourth-order valence-electron chi connectivity index (χ4n) is 1.99. The molecule has 0 aliphatic rings. The van der Waals surface area contributed by atoms with Crippen molar-refractivity contribution in [2.75, 3.05) is 19.8 Å². The fraction of sp³-hybridized carbons (Fsp3) is 0.625. The van der Waals surface area contributed by atoms with E-state index in [-0.39, 0.29) is 0 Å². The van der Waals surface area contributed by atoms with Crippen LogP contribution >= 0.6 is 0 Å². The van der Waals surface area contributed by atoms with Gasteiger partial charge in [0.1, 0.15) is 0 Å². The van der Waals surface area contributed by atoms with Gasteiger partial charge in [-0.05, 0) is 43.5 Å². The smallest absolute Gasteiger partial charge is 0.161 e. The maximum Gasteiger partial charge on any atom is 0.161 e. The van der Waals surface area contributed by atoms with Gasteiger partial charge in [-0.1, -0.05) is 32.8 Å². The first-order valence-corrected chi connectivity index (χ1v) is 7.33. The zero-order valence-electron chi connectivity index (χ0n) is 12.4. The van der Waals surface area contributed by atoms with Crippen LogP contribution in [0.15, 0.2) is 18.2 Å². The lowest BCUT2D eigenvalue weighted by molar-refractivity contribution is 0.225. The van der Waals surface area contributed by atoms with Crippen molar-refractivity contribution in [3.8, 4) is 11.5 Å². The maximum atomic E-state index is 5.91. The largest absolute Gasteiger partial charge is 0.490 e. The lowest BCUT2D eigenvalue weighted by Crippen LogP contribution is -2.11. The quantitative estimate of drug-likeness (QED) is 0.744. The Bertz CT molecular complexity index is 362. The molecule has 1 aromatic rings. The Labute approximate surface area is 117 Å². The van der Waals surface area contributed by atoms with Crippen LogP contribution in [-0.2, 0) is 6.42 Å². The molecule has 0 aromatic heterocycles. The van der Waals surface area contributed by atoms with Crippen LogP contribution < -0.4 is 15.2 Å². The minimum Gasteiger partial charge on any atom is -0.490 e. The number of rotatable bonds is 9. The van der Waals surface area contributed by atoms with E-state index >= 15 is 0 Å². The van der Waals surface area contributed by atoms with Gasteiger partial charge in [0, 0.05) is 0 Å². The van der Waals surface area contributed by atoms with Gasteiger partial charge in [-0.2, -0.15) is 0 Å². The van der Waals surface area contributed by atoms with Crippen LogP contribution in [0.25, 0.3) is 0 Å².